The van der Waals surface area contributed by atoms with E-state index in [-0.39, 0.29) is 16.8 Å². The number of amides is 1. The summed E-state index contributed by atoms with van der Waals surface area (Å²) < 4.78 is 26.6. The Labute approximate surface area is 131 Å². The molecule has 7 heteroatoms. The Morgan fingerprint density at radius 1 is 1.26 bits per heavy atom. The predicted octanol–water partition coefficient (Wildman–Crippen LogP) is 3.67. The van der Waals surface area contributed by atoms with Crippen LogP contribution < -0.4 is 5.32 Å². The monoisotopic (exact) mass is 320 g/mol. The lowest BCUT2D eigenvalue weighted by Crippen LogP contribution is -2.28. The molecular weight excluding hydrogens is 306 g/mol. The normalized spacial score (nSPS) is 11.8. The number of halogens is 2. The fraction of sp³-hybridized carbons (Fsp3) is 0.188. The van der Waals surface area contributed by atoms with Crippen LogP contribution in [0.15, 0.2) is 36.4 Å². The number of nitro groups is 1. The first-order valence-corrected chi connectivity index (χ1v) is 6.81. The maximum atomic E-state index is 13.7. The van der Waals surface area contributed by atoms with Crippen molar-refractivity contribution in [2.45, 2.75) is 19.9 Å². The highest BCUT2D eigenvalue weighted by Gasteiger charge is 2.24. The van der Waals surface area contributed by atoms with Crippen molar-refractivity contribution in [2.75, 3.05) is 0 Å². The van der Waals surface area contributed by atoms with E-state index in [1.807, 2.05) is 0 Å². The maximum Gasteiger partial charge on any atom is 0.285 e. The van der Waals surface area contributed by atoms with Crippen LogP contribution in [0.4, 0.5) is 14.5 Å². The summed E-state index contributed by atoms with van der Waals surface area (Å²) in [5.74, 6) is -2.22. The number of para-hydroxylation sites is 1. The van der Waals surface area contributed by atoms with E-state index < -0.39 is 28.5 Å². The Hall–Kier alpha value is -2.83. The lowest BCUT2D eigenvalue weighted by molar-refractivity contribution is -0.385. The molecule has 0 spiro atoms. The maximum absolute atomic E-state index is 13.7. The largest absolute Gasteiger partial charge is 0.345 e. The third kappa shape index (κ3) is 3.50. The van der Waals surface area contributed by atoms with E-state index >= 15 is 0 Å². The van der Waals surface area contributed by atoms with Gasteiger partial charge in [-0.05, 0) is 26.0 Å². The van der Waals surface area contributed by atoms with Gasteiger partial charge in [-0.25, -0.2) is 8.78 Å². The number of aryl methyl sites for hydroxylation is 1. The van der Waals surface area contributed by atoms with E-state index in [4.69, 9.17) is 0 Å². The molecule has 0 aromatic heterocycles. The van der Waals surface area contributed by atoms with Gasteiger partial charge >= 0.3 is 0 Å². The first-order valence-electron chi connectivity index (χ1n) is 6.81. The van der Waals surface area contributed by atoms with Gasteiger partial charge in [0.05, 0.1) is 11.0 Å². The highest BCUT2D eigenvalue weighted by molar-refractivity contribution is 5.98. The Kier molecular flexibility index (Phi) is 4.68. The quantitative estimate of drug-likeness (QED) is 0.690. The van der Waals surface area contributed by atoms with Gasteiger partial charge in [0.25, 0.3) is 11.6 Å². The van der Waals surface area contributed by atoms with Crippen molar-refractivity contribution in [1.29, 1.82) is 0 Å². The Morgan fingerprint density at radius 2 is 1.96 bits per heavy atom. The van der Waals surface area contributed by atoms with Gasteiger partial charge in [-0.15, -0.1) is 0 Å². The van der Waals surface area contributed by atoms with Crippen molar-refractivity contribution in [1.82, 2.24) is 5.32 Å². The molecule has 0 aliphatic rings. The number of benzene rings is 2. The second kappa shape index (κ2) is 6.51. The summed E-state index contributed by atoms with van der Waals surface area (Å²) in [6, 6.07) is 6.62. The van der Waals surface area contributed by atoms with Crippen LogP contribution in [0.25, 0.3) is 0 Å². The molecule has 1 N–H and O–H groups in total. The zero-order valence-electron chi connectivity index (χ0n) is 12.5. The fourth-order valence-corrected chi connectivity index (χ4v) is 2.29. The average Bonchev–Trinajstić information content (AvgIpc) is 2.46. The number of carbonyl (C=O) groups is 1. The van der Waals surface area contributed by atoms with Crippen LogP contribution in [0.1, 0.15) is 34.5 Å². The van der Waals surface area contributed by atoms with Gasteiger partial charge in [0.1, 0.15) is 17.2 Å². The minimum Gasteiger partial charge on any atom is -0.345 e. The molecule has 23 heavy (non-hydrogen) atoms. The molecule has 0 saturated carbocycles. The van der Waals surface area contributed by atoms with Gasteiger partial charge < -0.3 is 5.32 Å². The lowest BCUT2D eigenvalue weighted by Gasteiger charge is -2.15. The molecule has 120 valence electrons. The van der Waals surface area contributed by atoms with Crippen LogP contribution in [0.2, 0.25) is 0 Å². The SMILES string of the molecule is Cc1cccc(C(=O)NC(C)c2ccc(F)cc2F)c1[N+](=O)[O-]. The molecule has 0 bridgehead atoms. The van der Waals surface area contributed by atoms with Crippen LogP contribution in [0.5, 0.6) is 0 Å². The molecule has 2 aromatic carbocycles. The zero-order chi connectivity index (χ0) is 17.1. The first kappa shape index (κ1) is 16.5. The smallest absolute Gasteiger partial charge is 0.285 e. The molecule has 0 aliphatic carbocycles. The molecule has 2 rings (SSSR count). The Morgan fingerprint density at radius 3 is 2.57 bits per heavy atom. The standard InChI is InChI=1S/C16H14F2N2O3/c1-9-4-3-5-13(15(9)20(22)23)16(21)19-10(2)12-7-6-11(17)8-14(12)18/h3-8,10H,1-2H3,(H,19,21). The molecule has 1 amide bonds. The third-order valence-corrected chi connectivity index (χ3v) is 3.44. The minimum atomic E-state index is -0.795. The summed E-state index contributed by atoms with van der Waals surface area (Å²) in [6.45, 7) is 3.04. The number of nitrogens with zero attached hydrogens (tertiary/aromatic N) is 1. The number of nitro benzene ring substituents is 1. The number of hydrogen-bond donors (Lipinski definition) is 1. The molecule has 0 aliphatic heterocycles. The van der Waals surface area contributed by atoms with Crippen molar-refractivity contribution in [2.24, 2.45) is 0 Å². The van der Waals surface area contributed by atoms with E-state index in [1.54, 1.807) is 0 Å². The molecule has 0 fully saturated rings. The number of hydrogen-bond acceptors (Lipinski definition) is 3. The number of nitrogens with one attached hydrogen (secondary N) is 1. The summed E-state index contributed by atoms with van der Waals surface area (Å²) in [7, 11) is 0. The minimum absolute atomic E-state index is 0.0926. The fourth-order valence-electron chi connectivity index (χ4n) is 2.29. The summed E-state index contributed by atoms with van der Waals surface area (Å²) in [5, 5.41) is 13.6. The summed E-state index contributed by atoms with van der Waals surface area (Å²) in [4.78, 5) is 22.8. The summed E-state index contributed by atoms with van der Waals surface area (Å²) >= 11 is 0. The van der Waals surface area contributed by atoms with E-state index in [2.05, 4.69) is 5.32 Å². The molecular formula is C16H14F2N2O3. The van der Waals surface area contributed by atoms with Gasteiger partial charge in [0.15, 0.2) is 0 Å². The van der Waals surface area contributed by atoms with E-state index in [1.165, 1.54) is 38.1 Å². The van der Waals surface area contributed by atoms with Crippen LogP contribution in [-0.4, -0.2) is 10.8 Å². The molecule has 5 nitrogen and oxygen atoms in total. The van der Waals surface area contributed by atoms with Gasteiger partial charge in [-0.1, -0.05) is 18.2 Å². The van der Waals surface area contributed by atoms with Crippen LogP contribution in [-0.2, 0) is 0 Å². The van der Waals surface area contributed by atoms with Crippen LogP contribution in [0, 0.1) is 28.7 Å². The number of rotatable bonds is 4. The third-order valence-electron chi connectivity index (χ3n) is 3.44. The van der Waals surface area contributed by atoms with Crippen LogP contribution in [0.3, 0.4) is 0 Å². The lowest BCUT2D eigenvalue weighted by atomic mass is 10.0. The molecule has 2 aromatic rings. The highest BCUT2D eigenvalue weighted by Crippen LogP contribution is 2.24. The van der Waals surface area contributed by atoms with E-state index in [0.29, 0.717) is 11.6 Å². The van der Waals surface area contributed by atoms with Gasteiger partial charge in [-0.3, -0.25) is 14.9 Å². The second-order valence-corrected chi connectivity index (χ2v) is 5.09. The van der Waals surface area contributed by atoms with E-state index in [9.17, 15) is 23.7 Å². The zero-order valence-corrected chi connectivity index (χ0v) is 12.5. The van der Waals surface area contributed by atoms with E-state index in [0.717, 1.165) is 6.07 Å². The van der Waals surface area contributed by atoms with Crippen molar-refractivity contribution >= 4 is 11.6 Å². The Bertz CT molecular complexity index is 778. The first-order chi connectivity index (χ1) is 10.8. The van der Waals surface area contributed by atoms with Gasteiger partial charge in [0, 0.05) is 17.2 Å². The Balaban J connectivity index is 2.29. The van der Waals surface area contributed by atoms with Crippen molar-refractivity contribution < 1.29 is 18.5 Å². The molecule has 1 atom stereocenters. The second-order valence-electron chi connectivity index (χ2n) is 5.09. The molecule has 0 saturated heterocycles. The number of carbonyl (C=O) groups excluding carboxylic acids is 1. The summed E-state index contributed by atoms with van der Waals surface area (Å²) in [6.07, 6.45) is 0. The highest BCUT2D eigenvalue weighted by atomic mass is 19.1. The molecule has 0 radical (unpaired) electrons. The topological polar surface area (TPSA) is 72.2 Å². The van der Waals surface area contributed by atoms with Crippen molar-refractivity contribution in [3.05, 3.63) is 74.8 Å². The predicted molar refractivity (Wildman–Crippen MR) is 80.1 cm³/mol. The van der Waals surface area contributed by atoms with Crippen LogP contribution >= 0.6 is 0 Å². The molecule has 0 heterocycles. The van der Waals surface area contributed by atoms with Crippen molar-refractivity contribution in [3.8, 4) is 0 Å². The van der Waals surface area contributed by atoms with Crippen molar-refractivity contribution in [3.63, 3.8) is 0 Å². The summed E-state index contributed by atoms with van der Waals surface area (Å²) in [5.41, 5.74) is 0.0412. The average molecular weight is 320 g/mol. The molecule has 1 unspecified atom stereocenters. The van der Waals surface area contributed by atoms with Gasteiger partial charge in [0.2, 0.25) is 0 Å². The van der Waals surface area contributed by atoms with Gasteiger partial charge in [-0.2, -0.15) is 0 Å².